The number of rotatable bonds is 9. The highest BCUT2D eigenvalue weighted by molar-refractivity contribution is 5.77. The van der Waals surface area contributed by atoms with Crippen molar-refractivity contribution in [3.63, 3.8) is 0 Å². The van der Waals surface area contributed by atoms with Crippen molar-refractivity contribution in [3.05, 3.63) is 30.1 Å². The second-order valence-electron chi connectivity index (χ2n) is 6.23. The third-order valence-corrected chi connectivity index (χ3v) is 4.26. The minimum atomic E-state index is -0.199. The number of morpholine rings is 1. The van der Waals surface area contributed by atoms with Gasteiger partial charge in [0.05, 0.1) is 18.9 Å². The Morgan fingerprint density at radius 3 is 2.84 bits per heavy atom. The second kappa shape index (κ2) is 10.9. The number of ether oxygens (including phenoxy) is 1. The maximum absolute atomic E-state index is 13.7. The van der Waals surface area contributed by atoms with Gasteiger partial charge in [0.1, 0.15) is 5.82 Å². The van der Waals surface area contributed by atoms with Crippen LogP contribution in [0.2, 0.25) is 0 Å². The minimum Gasteiger partial charge on any atom is -0.379 e. The Kier molecular flexibility index (Phi) is 8.48. The maximum atomic E-state index is 13.7. The number of nitrogens with zero attached hydrogens (tertiary/aromatic N) is 3. The lowest BCUT2D eigenvalue weighted by atomic mass is 10.2. The summed E-state index contributed by atoms with van der Waals surface area (Å²) in [4.78, 5) is 8.63. The Balaban J connectivity index is 1.55. The molecule has 1 saturated heterocycles. The van der Waals surface area contributed by atoms with Crippen molar-refractivity contribution < 1.29 is 9.13 Å². The smallest absolute Gasteiger partial charge is 0.188 e. The molecule has 3 N–H and O–H groups in total. The van der Waals surface area contributed by atoms with E-state index >= 15 is 0 Å². The predicted octanol–water partition coefficient (Wildman–Crippen LogP) is 1.28. The van der Waals surface area contributed by atoms with E-state index < -0.39 is 0 Å². The molecule has 1 aliphatic rings. The number of aliphatic imine (C=N–C) groups is 1. The van der Waals surface area contributed by atoms with Crippen molar-refractivity contribution in [1.82, 2.24) is 10.2 Å². The number of hydrogen-bond donors (Lipinski definition) is 2. The summed E-state index contributed by atoms with van der Waals surface area (Å²) < 4.78 is 19.0. The molecule has 0 amide bonds. The van der Waals surface area contributed by atoms with E-state index in [2.05, 4.69) is 15.2 Å². The molecule has 0 aromatic heterocycles. The Bertz CT molecular complexity index is 534. The fourth-order valence-corrected chi connectivity index (χ4v) is 2.79. The van der Waals surface area contributed by atoms with E-state index in [0.29, 0.717) is 18.2 Å². The largest absolute Gasteiger partial charge is 0.379 e. The summed E-state index contributed by atoms with van der Waals surface area (Å²) in [5.41, 5.74) is 6.49. The molecule has 25 heavy (non-hydrogen) atoms. The van der Waals surface area contributed by atoms with Gasteiger partial charge in [-0.15, -0.1) is 0 Å². The molecule has 140 valence electrons. The molecule has 1 aliphatic heterocycles. The van der Waals surface area contributed by atoms with E-state index in [0.717, 1.165) is 58.8 Å². The van der Waals surface area contributed by atoms with E-state index in [4.69, 9.17) is 10.5 Å². The van der Waals surface area contributed by atoms with Gasteiger partial charge in [0.2, 0.25) is 0 Å². The summed E-state index contributed by atoms with van der Waals surface area (Å²) in [6, 6.07) is 6.79. The summed E-state index contributed by atoms with van der Waals surface area (Å²) in [5.74, 6) is 0.283. The van der Waals surface area contributed by atoms with E-state index in [9.17, 15) is 4.39 Å². The minimum absolute atomic E-state index is 0.199. The summed E-state index contributed by atoms with van der Waals surface area (Å²) in [6.45, 7) is 6.92. The molecule has 0 bridgehead atoms. The van der Waals surface area contributed by atoms with Crippen LogP contribution in [0.4, 0.5) is 10.1 Å². The molecule has 1 heterocycles. The summed E-state index contributed by atoms with van der Waals surface area (Å²) >= 11 is 0. The monoisotopic (exact) mass is 351 g/mol. The van der Waals surface area contributed by atoms with Crippen molar-refractivity contribution in [2.45, 2.75) is 12.8 Å². The van der Waals surface area contributed by atoms with Crippen LogP contribution in [0.15, 0.2) is 29.3 Å². The topological polar surface area (TPSA) is 66.1 Å². The predicted molar refractivity (Wildman–Crippen MR) is 101 cm³/mol. The van der Waals surface area contributed by atoms with E-state index in [1.807, 2.05) is 18.0 Å². The number of benzene rings is 1. The number of nitrogens with one attached hydrogen (secondary N) is 1. The van der Waals surface area contributed by atoms with Crippen LogP contribution in [0.25, 0.3) is 0 Å². The number of hydrogen-bond acceptors (Lipinski definition) is 4. The van der Waals surface area contributed by atoms with Crippen molar-refractivity contribution in [2.75, 3.05) is 64.4 Å². The van der Waals surface area contributed by atoms with Crippen molar-refractivity contribution in [1.29, 1.82) is 0 Å². The Labute approximate surface area is 149 Å². The first-order chi connectivity index (χ1) is 12.2. The Morgan fingerprint density at radius 1 is 1.32 bits per heavy atom. The molecule has 0 spiro atoms. The van der Waals surface area contributed by atoms with Gasteiger partial charge < -0.3 is 20.7 Å². The summed E-state index contributed by atoms with van der Waals surface area (Å²) in [7, 11) is 1.88. The number of nitrogens with two attached hydrogens (primary N) is 1. The zero-order valence-corrected chi connectivity index (χ0v) is 15.1. The van der Waals surface area contributed by atoms with Crippen molar-refractivity contribution >= 4 is 11.6 Å². The van der Waals surface area contributed by atoms with Gasteiger partial charge in [0.15, 0.2) is 5.96 Å². The summed E-state index contributed by atoms with van der Waals surface area (Å²) in [5, 5.41) is 3.15. The van der Waals surface area contributed by atoms with E-state index in [1.54, 1.807) is 12.1 Å². The van der Waals surface area contributed by atoms with Crippen LogP contribution in [0.5, 0.6) is 0 Å². The van der Waals surface area contributed by atoms with Gasteiger partial charge in [-0.1, -0.05) is 12.1 Å². The van der Waals surface area contributed by atoms with Gasteiger partial charge in [0.25, 0.3) is 0 Å². The van der Waals surface area contributed by atoms with Gasteiger partial charge in [-0.3, -0.25) is 9.89 Å². The lowest BCUT2D eigenvalue weighted by Crippen LogP contribution is -2.39. The molecule has 0 aliphatic carbocycles. The molecule has 0 unspecified atom stereocenters. The molecule has 0 radical (unpaired) electrons. The Morgan fingerprint density at radius 2 is 2.08 bits per heavy atom. The fraction of sp³-hybridized carbons (Fsp3) is 0.611. The first-order valence-corrected chi connectivity index (χ1v) is 8.96. The highest BCUT2D eigenvalue weighted by atomic mass is 19.1. The SMILES string of the molecule is CN(CCCN=C(N)NCCCN1CCOCC1)c1ccccc1F. The highest BCUT2D eigenvalue weighted by Gasteiger charge is 2.09. The molecule has 1 fully saturated rings. The quantitative estimate of drug-likeness (QED) is 0.399. The average Bonchev–Trinajstić information content (AvgIpc) is 2.63. The maximum Gasteiger partial charge on any atom is 0.188 e. The van der Waals surface area contributed by atoms with Crippen LogP contribution in [0, 0.1) is 5.82 Å². The second-order valence-corrected chi connectivity index (χ2v) is 6.23. The van der Waals surface area contributed by atoms with Crippen LogP contribution in [-0.2, 0) is 4.74 Å². The van der Waals surface area contributed by atoms with Gasteiger partial charge in [-0.25, -0.2) is 4.39 Å². The number of guanidine groups is 1. The lowest BCUT2D eigenvalue weighted by molar-refractivity contribution is 0.0376. The molecule has 2 rings (SSSR count). The molecule has 1 aromatic rings. The number of halogens is 1. The molecule has 6 nitrogen and oxygen atoms in total. The molecule has 0 saturated carbocycles. The van der Waals surface area contributed by atoms with E-state index in [-0.39, 0.29) is 5.82 Å². The van der Waals surface area contributed by atoms with Crippen molar-refractivity contribution in [3.8, 4) is 0 Å². The highest BCUT2D eigenvalue weighted by Crippen LogP contribution is 2.16. The van der Waals surface area contributed by atoms with Crippen molar-refractivity contribution in [2.24, 2.45) is 10.7 Å². The zero-order valence-electron chi connectivity index (χ0n) is 15.1. The zero-order chi connectivity index (χ0) is 17.9. The van der Waals surface area contributed by atoms with Crippen LogP contribution in [0.3, 0.4) is 0 Å². The Hall–Kier alpha value is -1.86. The van der Waals surface area contributed by atoms with Crippen LogP contribution >= 0.6 is 0 Å². The van der Waals surface area contributed by atoms with Crippen LogP contribution in [0.1, 0.15) is 12.8 Å². The van der Waals surface area contributed by atoms with Gasteiger partial charge in [-0.05, 0) is 31.5 Å². The molecule has 0 atom stereocenters. The first-order valence-electron chi connectivity index (χ1n) is 8.96. The summed E-state index contributed by atoms with van der Waals surface area (Å²) in [6.07, 6.45) is 1.85. The van der Waals surface area contributed by atoms with Gasteiger partial charge in [-0.2, -0.15) is 0 Å². The third-order valence-electron chi connectivity index (χ3n) is 4.26. The number of para-hydroxylation sites is 1. The lowest BCUT2D eigenvalue weighted by Gasteiger charge is -2.26. The van der Waals surface area contributed by atoms with E-state index in [1.165, 1.54) is 6.07 Å². The molecular formula is C18H30FN5O. The molecule has 1 aromatic carbocycles. The molecular weight excluding hydrogens is 321 g/mol. The average molecular weight is 351 g/mol. The van der Waals surface area contributed by atoms with Gasteiger partial charge >= 0.3 is 0 Å². The fourth-order valence-electron chi connectivity index (χ4n) is 2.79. The molecule has 7 heteroatoms. The normalized spacial score (nSPS) is 16.0. The number of anilines is 1. The standard InChI is InChI=1S/C18H30FN5O/c1-23(17-7-3-2-6-16(17)19)10-4-8-21-18(20)22-9-5-11-24-12-14-25-15-13-24/h2-3,6-7H,4-5,8-15H2,1H3,(H3,20,21,22). The first kappa shape index (κ1) is 19.5. The van der Waals surface area contributed by atoms with Crippen LogP contribution < -0.4 is 16.0 Å². The van der Waals surface area contributed by atoms with Gasteiger partial charge in [0, 0.05) is 39.8 Å². The third kappa shape index (κ3) is 7.27. The van der Waals surface area contributed by atoms with Crippen LogP contribution in [-0.4, -0.2) is 70.4 Å².